The summed E-state index contributed by atoms with van der Waals surface area (Å²) < 4.78 is 23.1. The molecule has 0 aliphatic rings. The maximum Gasteiger partial charge on any atom is 0.245 e. The third kappa shape index (κ3) is 6.59. The second-order valence-electron chi connectivity index (χ2n) is 5.92. The van der Waals surface area contributed by atoms with Gasteiger partial charge in [-0.15, -0.1) is 0 Å². The molecule has 0 spiro atoms. The molecule has 6 heteroatoms. The molecule has 0 rings (SSSR count). The van der Waals surface area contributed by atoms with Crippen LogP contribution in [0.2, 0.25) is 0 Å². The molecule has 0 saturated carbocycles. The molecule has 1 amide bonds. The molecule has 0 radical (unpaired) electrons. The van der Waals surface area contributed by atoms with Gasteiger partial charge < -0.3 is 24.3 Å². The van der Waals surface area contributed by atoms with E-state index in [0.717, 1.165) is 6.42 Å². The molecule has 0 aliphatic carbocycles. The van der Waals surface area contributed by atoms with Crippen molar-refractivity contribution in [2.24, 2.45) is 0 Å². The zero-order chi connectivity index (χ0) is 18.0. The monoisotopic (exact) mass is 331 g/mol. The lowest BCUT2D eigenvalue weighted by Gasteiger charge is -2.45. The Bertz CT molecular complexity index is 355. The van der Waals surface area contributed by atoms with E-state index < -0.39 is 18.1 Å². The lowest BCUT2D eigenvalue weighted by molar-refractivity contribution is -0.298. The van der Waals surface area contributed by atoms with E-state index in [4.69, 9.17) is 18.9 Å². The fraction of sp³-hybridized carbons (Fsp3) is 0.824. The van der Waals surface area contributed by atoms with Crippen molar-refractivity contribution in [2.75, 3.05) is 14.2 Å². The maximum atomic E-state index is 12.1. The van der Waals surface area contributed by atoms with E-state index in [2.05, 4.69) is 11.9 Å². The summed E-state index contributed by atoms with van der Waals surface area (Å²) in [6.45, 7) is 13.2. The second kappa shape index (κ2) is 10.8. The highest BCUT2D eigenvalue weighted by molar-refractivity contribution is 5.87. The van der Waals surface area contributed by atoms with Gasteiger partial charge in [0.25, 0.3) is 0 Å². The number of nitrogens with one attached hydrogen (secondary N) is 1. The highest BCUT2D eigenvalue weighted by Gasteiger charge is 2.50. The molecule has 0 bridgehead atoms. The lowest BCUT2D eigenvalue weighted by atomic mass is 9.99. The maximum absolute atomic E-state index is 12.1. The van der Waals surface area contributed by atoms with Crippen molar-refractivity contribution in [3.63, 3.8) is 0 Å². The zero-order valence-corrected chi connectivity index (χ0v) is 15.5. The van der Waals surface area contributed by atoms with Gasteiger partial charge in [0.1, 0.15) is 6.10 Å². The normalized spacial score (nSPS) is 15.7. The van der Waals surface area contributed by atoms with E-state index >= 15 is 0 Å². The summed E-state index contributed by atoms with van der Waals surface area (Å²) in [7, 11) is 3.01. The van der Waals surface area contributed by atoms with Crippen molar-refractivity contribution in [3.8, 4) is 0 Å². The predicted octanol–water partition coefficient (Wildman–Crippen LogP) is 2.62. The number of carbonyl (C=O) groups excluding carboxylic acids is 1. The van der Waals surface area contributed by atoms with Crippen LogP contribution in [-0.4, -0.2) is 50.5 Å². The first kappa shape index (κ1) is 22.1. The Kier molecular flexibility index (Phi) is 10.3. The Labute approximate surface area is 140 Å². The molecule has 0 heterocycles. The fourth-order valence-electron chi connectivity index (χ4n) is 2.51. The van der Waals surface area contributed by atoms with Crippen LogP contribution in [0.4, 0.5) is 0 Å². The van der Waals surface area contributed by atoms with E-state index in [1.54, 1.807) is 0 Å². The van der Waals surface area contributed by atoms with Gasteiger partial charge in [-0.3, -0.25) is 4.79 Å². The number of hydrogen-bond acceptors (Lipinski definition) is 5. The molecule has 0 aromatic carbocycles. The van der Waals surface area contributed by atoms with E-state index in [0.29, 0.717) is 6.42 Å². The van der Waals surface area contributed by atoms with Crippen LogP contribution in [0.5, 0.6) is 0 Å². The molecule has 23 heavy (non-hydrogen) atoms. The lowest BCUT2D eigenvalue weighted by Crippen LogP contribution is -2.68. The minimum atomic E-state index is -1.27. The smallest absolute Gasteiger partial charge is 0.245 e. The molecule has 2 atom stereocenters. The summed E-state index contributed by atoms with van der Waals surface area (Å²) in [4.78, 5) is 12.1. The van der Waals surface area contributed by atoms with Crippen molar-refractivity contribution in [2.45, 2.75) is 77.8 Å². The number of amides is 1. The fourth-order valence-corrected chi connectivity index (χ4v) is 2.51. The molecule has 0 aromatic heterocycles. The van der Waals surface area contributed by atoms with Crippen molar-refractivity contribution in [1.82, 2.24) is 5.32 Å². The molecule has 136 valence electrons. The van der Waals surface area contributed by atoms with Gasteiger partial charge in [0.2, 0.25) is 17.9 Å². The Hall–Kier alpha value is -0.950. The number of rotatable bonds is 12. The Balaban J connectivity index is 5.97. The van der Waals surface area contributed by atoms with Crippen LogP contribution in [0.3, 0.4) is 0 Å². The van der Waals surface area contributed by atoms with E-state index in [9.17, 15) is 4.79 Å². The molecular formula is C17H33NO5. The summed E-state index contributed by atoms with van der Waals surface area (Å²) in [5.74, 6) is -0.377. The summed E-state index contributed by atoms with van der Waals surface area (Å²) >= 11 is 0. The molecule has 2 unspecified atom stereocenters. The molecule has 1 N–H and O–H groups in total. The van der Waals surface area contributed by atoms with Crippen LogP contribution in [0.1, 0.15) is 47.5 Å². The first-order valence-electron chi connectivity index (χ1n) is 8.10. The van der Waals surface area contributed by atoms with Gasteiger partial charge in [0.15, 0.2) is 0 Å². The highest BCUT2D eigenvalue weighted by Crippen LogP contribution is 2.29. The van der Waals surface area contributed by atoms with Gasteiger partial charge in [-0.25, -0.2) is 0 Å². The second-order valence-corrected chi connectivity index (χ2v) is 5.92. The van der Waals surface area contributed by atoms with Gasteiger partial charge in [-0.05, 0) is 40.2 Å². The van der Waals surface area contributed by atoms with Gasteiger partial charge in [-0.2, -0.15) is 0 Å². The predicted molar refractivity (Wildman–Crippen MR) is 90.0 cm³/mol. The van der Waals surface area contributed by atoms with Crippen molar-refractivity contribution < 1.29 is 23.7 Å². The first-order valence-corrected chi connectivity index (χ1v) is 8.10. The Morgan fingerprint density at radius 2 is 1.74 bits per heavy atom. The summed E-state index contributed by atoms with van der Waals surface area (Å²) in [6.07, 6.45) is 1.22. The van der Waals surface area contributed by atoms with Crippen LogP contribution in [0, 0.1) is 0 Å². The Morgan fingerprint density at radius 1 is 1.17 bits per heavy atom. The van der Waals surface area contributed by atoms with Crippen LogP contribution in [-0.2, 0) is 23.7 Å². The molecule has 0 fully saturated rings. The first-order chi connectivity index (χ1) is 10.8. The molecule has 0 aliphatic heterocycles. The molecule has 0 saturated heterocycles. The Morgan fingerprint density at radius 3 is 2.09 bits per heavy atom. The highest BCUT2D eigenvalue weighted by atomic mass is 16.7. The van der Waals surface area contributed by atoms with Crippen LogP contribution in [0.15, 0.2) is 12.7 Å². The summed E-state index contributed by atoms with van der Waals surface area (Å²) in [5, 5.41) is 2.85. The number of ether oxygens (including phenoxy) is 4. The molecule has 6 nitrogen and oxygen atoms in total. The third-order valence-corrected chi connectivity index (χ3v) is 3.18. The summed E-state index contributed by atoms with van der Waals surface area (Å²) in [6, 6.07) is 0. The van der Waals surface area contributed by atoms with E-state index in [1.807, 2.05) is 34.6 Å². The van der Waals surface area contributed by atoms with Gasteiger partial charge >= 0.3 is 0 Å². The quantitative estimate of drug-likeness (QED) is 0.440. The van der Waals surface area contributed by atoms with Crippen molar-refractivity contribution in [1.29, 1.82) is 0 Å². The number of hydrogen-bond donors (Lipinski definition) is 1. The third-order valence-electron chi connectivity index (χ3n) is 3.18. The van der Waals surface area contributed by atoms with Crippen LogP contribution in [0.25, 0.3) is 0 Å². The molecule has 0 aromatic rings. The van der Waals surface area contributed by atoms with Gasteiger partial charge in [0.05, 0.1) is 12.2 Å². The minimum Gasteiger partial charge on any atom is -0.370 e. The largest absolute Gasteiger partial charge is 0.370 e. The number of methoxy groups -OCH3 is 2. The van der Waals surface area contributed by atoms with E-state index in [1.165, 1.54) is 20.3 Å². The number of carbonyl (C=O) groups is 1. The molecular weight excluding hydrogens is 298 g/mol. The van der Waals surface area contributed by atoms with Crippen LogP contribution >= 0.6 is 0 Å². The van der Waals surface area contributed by atoms with Crippen molar-refractivity contribution in [3.05, 3.63) is 12.7 Å². The standard InChI is InChI=1S/C17H33NO5/c1-9-11-14(22-12(3)4)17(23-13(5)6,16(20-7)21-8)18-15(19)10-2/h10,12-14,16H,2,9,11H2,1,3-8H3,(H,18,19). The summed E-state index contributed by atoms with van der Waals surface area (Å²) in [5.41, 5.74) is -1.27. The SMILES string of the molecule is C=CC(=O)NC(OC(C)C)(C(CCC)OC(C)C)C(OC)OC. The average Bonchev–Trinajstić information content (AvgIpc) is 2.46. The average molecular weight is 331 g/mol. The zero-order valence-electron chi connectivity index (χ0n) is 15.5. The van der Waals surface area contributed by atoms with Crippen molar-refractivity contribution >= 4 is 5.91 Å². The van der Waals surface area contributed by atoms with Gasteiger partial charge in [0, 0.05) is 14.2 Å². The topological polar surface area (TPSA) is 66.0 Å². The van der Waals surface area contributed by atoms with Gasteiger partial charge in [-0.1, -0.05) is 19.9 Å². The van der Waals surface area contributed by atoms with Crippen LogP contribution < -0.4 is 5.32 Å². The van der Waals surface area contributed by atoms with E-state index in [-0.39, 0.29) is 18.1 Å². The minimum absolute atomic E-state index is 0.0447.